The van der Waals surface area contributed by atoms with E-state index in [2.05, 4.69) is 5.32 Å². The number of nitrogens with two attached hydrogens (primary N) is 2. The summed E-state index contributed by atoms with van der Waals surface area (Å²) < 4.78 is 0. The molecule has 1 fully saturated rings. The molecule has 7 heteroatoms. The normalized spacial score (nSPS) is 16.0. The van der Waals surface area contributed by atoms with E-state index >= 15 is 0 Å². The molecular formula is C17H26ClN3O2S. The number of carbonyl (C=O) groups excluding carboxylic acids is 2. The van der Waals surface area contributed by atoms with E-state index in [0.717, 1.165) is 36.3 Å². The molecule has 0 aromatic heterocycles. The lowest BCUT2D eigenvalue weighted by atomic mass is 9.71. The molecule has 0 bridgehead atoms. The van der Waals surface area contributed by atoms with E-state index in [1.807, 2.05) is 24.3 Å². The molecule has 0 aliphatic heterocycles. The van der Waals surface area contributed by atoms with Crippen molar-refractivity contribution in [3.05, 3.63) is 24.3 Å². The number of hydrogen-bond acceptors (Lipinski definition) is 4. The van der Waals surface area contributed by atoms with Crippen molar-refractivity contribution in [2.45, 2.75) is 43.4 Å². The second-order valence-electron chi connectivity index (χ2n) is 6.24. The van der Waals surface area contributed by atoms with Crippen molar-refractivity contribution < 1.29 is 9.59 Å². The Morgan fingerprint density at radius 2 is 1.83 bits per heavy atom. The minimum absolute atomic E-state index is 0. The molecule has 1 aromatic rings. The van der Waals surface area contributed by atoms with Gasteiger partial charge in [-0.2, -0.15) is 0 Å². The highest BCUT2D eigenvalue weighted by Gasteiger charge is 2.33. The summed E-state index contributed by atoms with van der Waals surface area (Å²) in [5, 5.41) is 2.97. The minimum atomic E-state index is -0.375. The van der Waals surface area contributed by atoms with Crippen LogP contribution in [0.5, 0.6) is 0 Å². The van der Waals surface area contributed by atoms with Gasteiger partial charge in [0.2, 0.25) is 11.8 Å². The summed E-state index contributed by atoms with van der Waals surface area (Å²) in [5.41, 5.74) is 11.8. The number of thioether (sulfide) groups is 1. The summed E-state index contributed by atoms with van der Waals surface area (Å²) in [4.78, 5) is 24.3. The van der Waals surface area contributed by atoms with Gasteiger partial charge in [-0.25, -0.2) is 0 Å². The van der Waals surface area contributed by atoms with Crippen LogP contribution in [0.25, 0.3) is 0 Å². The molecule has 0 heterocycles. The highest BCUT2D eigenvalue weighted by atomic mass is 35.5. The summed E-state index contributed by atoms with van der Waals surface area (Å²) in [7, 11) is 0. The van der Waals surface area contributed by atoms with Crippen LogP contribution in [0.2, 0.25) is 0 Å². The van der Waals surface area contributed by atoms with Crippen LogP contribution in [-0.4, -0.2) is 24.1 Å². The third kappa shape index (κ3) is 6.00. The van der Waals surface area contributed by atoms with Gasteiger partial charge in [0.15, 0.2) is 0 Å². The maximum Gasteiger partial charge on any atom is 0.227 e. The van der Waals surface area contributed by atoms with Gasteiger partial charge in [-0.05, 0) is 36.9 Å². The number of primary amides is 1. The number of anilines is 1. The van der Waals surface area contributed by atoms with E-state index in [1.165, 1.54) is 18.2 Å². The molecule has 1 saturated carbocycles. The summed E-state index contributed by atoms with van der Waals surface area (Å²) in [5.74, 6) is -0.190. The smallest absolute Gasteiger partial charge is 0.227 e. The third-order valence-electron chi connectivity index (χ3n) is 4.41. The van der Waals surface area contributed by atoms with Crippen molar-refractivity contribution in [2.24, 2.45) is 16.9 Å². The predicted molar refractivity (Wildman–Crippen MR) is 101 cm³/mol. The summed E-state index contributed by atoms with van der Waals surface area (Å²) >= 11 is 1.33. The van der Waals surface area contributed by atoms with E-state index in [9.17, 15) is 9.59 Å². The van der Waals surface area contributed by atoms with Gasteiger partial charge in [0.1, 0.15) is 0 Å². The average molecular weight is 372 g/mol. The first-order valence-electron chi connectivity index (χ1n) is 8.05. The summed E-state index contributed by atoms with van der Waals surface area (Å²) in [6, 6.07) is 7.46. The van der Waals surface area contributed by atoms with Crippen molar-refractivity contribution in [3.63, 3.8) is 0 Å². The minimum Gasteiger partial charge on any atom is -0.369 e. The maximum absolute atomic E-state index is 12.5. The molecule has 2 rings (SSSR count). The Morgan fingerprint density at radius 1 is 1.17 bits per heavy atom. The van der Waals surface area contributed by atoms with Crippen molar-refractivity contribution in [1.82, 2.24) is 0 Å². The molecule has 0 spiro atoms. The fourth-order valence-electron chi connectivity index (χ4n) is 3.13. The average Bonchev–Trinajstić information content (AvgIpc) is 2.54. The predicted octanol–water partition coefficient (Wildman–Crippen LogP) is 2.92. The van der Waals surface area contributed by atoms with E-state index in [-0.39, 0.29) is 35.4 Å². The fraction of sp³-hybridized carbons (Fsp3) is 0.529. The largest absolute Gasteiger partial charge is 0.369 e. The van der Waals surface area contributed by atoms with Crippen LogP contribution in [0.3, 0.4) is 0 Å². The first kappa shape index (κ1) is 20.8. The number of halogens is 1. The molecule has 0 saturated heterocycles. The van der Waals surface area contributed by atoms with Gasteiger partial charge >= 0.3 is 0 Å². The van der Waals surface area contributed by atoms with Gasteiger partial charge in [-0.1, -0.05) is 31.4 Å². The van der Waals surface area contributed by atoms with Crippen molar-refractivity contribution in [3.8, 4) is 0 Å². The lowest BCUT2D eigenvalue weighted by Gasteiger charge is -2.35. The van der Waals surface area contributed by atoms with Gasteiger partial charge in [-0.15, -0.1) is 24.2 Å². The topological polar surface area (TPSA) is 98.2 Å². The van der Waals surface area contributed by atoms with Crippen LogP contribution in [-0.2, 0) is 9.59 Å². The van der Waals surface area contributed by atoms with Crippen molar-refractivity contribution in [1.29, 1.82) is 0 Å². The number of rotatable bonds is 7. The Kier molecular flexibility index (Phi) is 8.59. The molecular weight excluding hydrogens is 346 g/mol. The van der Waals surface area contributed by atoms with Crippen LogP contribution in [0, 0.1) is 5.41 Å². The molecule has 24 heavy (non-hydrogen) atoms. The Hall–Kier alpha value is -1.24. The SMILES string of the molecule is Cl.NCC1(CC(=O)Nc2ccccc2SCC(N)=O)CCCCC1. The number of para-hydroxylation sites is 1. The number of nitrogens with one attached hydrogen (secondary N) is 1. The number of hydrogen-bond donors (Lipinski definition) is 3. The van der Waals surface area contributed by atoms with Gasteiger partial charge in [-0.3, -0.25) is 9.59 Å². The van der Waals surface area contributed by atoms with E-state index in [1.54, 1.807) is 0 Å². The van der Waals surface area contributed by atoms with Crippen LogP contribution < -0.4 is 16.8 Å². The molecule has 2 amide bonds. The second-order valence-corrected chi connectivity index (χ2v) is 7.26. The van der Waals surface area contributed by atoms with Gasteiger partial charge in [0.05, 0.1) is 11.4 Å². The second kappa shape index (κ2) is 9.91. The maximum atomic E-state index is 12.5. The number of benzene rings is 1. The molecule has 1 aromatic carbocycles. The Balaban J connectivity index is 0.00000288. The molecule has 0 radical (unpaired) electrons. The van der Waals surface area contributed by atoms with E-state index in [4.69, 9.17) is 11.5 Å². The van der Waals surface area contributed by atoms with Crippen molar-refractivity contribution in [2.75, 3.05) is 17.6 Å². The zero-order chi connectivity index (χ0) is 16.7. The first-order valence-corrected chi connectivity index (χ1v) is 9.03. The number of amides is 2. The summed E-state index contributed by atoms with van der Waals surface area (Å²) in [6.45, 7) is 0.554. The number of carbonyl (C=O) groups is 2. The monoisotopic (exact) mass is 371 g/mol. The molecule has 1 aliphatic rings. The third-order valence-corrected chi connectivity index (χ3v) is 5.51. The highest BCUT2D eigenvalue weighted by Crippen LogP contribution is 2.38. The first-order chi connectivity index (χ1) is 11.0. The standard InChI is InChI=1S/C17H25N3O2S.ClH/c18-12-17(8-4-1-5-9-17)10-16(22)20-13-6-2-3-7-14(13)23-11-15(19)21;/h2-3,6-7H,1,4-5,8-12,18H2,(H2,19,21)(H,20,22);1H. The van der Waals surface area contributed by atoms with Crippen molar-refractivity contribution >= 4 is 41.7 Å². The van der Waals surface area contributed by atoms with Crippen LogP contribution in [0.4, 0.5) is 5.69 Å². The van der Waals surface area contributed by atoms with Gasteiger partial charge in [0.25, 0.3) is 0 Å². The molecule has 5 N–H and O–H groups in total. The zero-order valence-electron chi connectivity index (χ0n) is 13.8. The molecule has 0 atom stereocenters. The van der Waals surface area contributed by atoms with Crippen LogP contribution >= 0.6 is 24.2 Å². The zero-order valence-corrected chi connectivity index (χ0v) is 15.4. The van der Waals surface area contributed by atoms with E-state index < -0.39 is 0 Å². The Bertz CT molecular complexity index is 563. The Morgan fingerprint density at radius 3 is 2.46 bits per heavy atom. The fourth-order valence-corrected chi connectivity index (χ4v) is 3.88. The van der Waals surface area contributed by atoms with E-state index in [0.29, 0.717) is 13.0 Å². The lowest BCUT2D eigenvalue weighted by Crippen LogP contribution is -2.36. The van der Waals surface area contributed by atoms with Crippen LogP contribution in [0.15, 0.2) is 29.2 Å². The Labute approximate surface area is 153 Å². The quantitative estimate of drug-likeness (QED) is 0.642. The molecule has 5 nitrogen and oxygen atoms in total. The molecule has 1 aliphatic carbocycles. The van der Waals surface area contributed by atoms with Gasteiger partial charge in [0, 0.05) is 11.3 Å². The highest BCUT2D eigenvalue weighted by molar-refractivity contribution is 8.00. The van der Waals surface area contributed by atoms with Crippen LogP contribution in [0.1, 0.15) is 38.5 Å². The molecule has 134 valence electrons. The summed E-state index contributed by atoms with van der Waals surface area (Å²) in [6.07, 6.45) is 6.03. The molecule has 0 unspecified atom stereocenters. The van der Waals surface area contributed by atoms with Gasteiger partial charge < -0.3 is 16.8 Å². The lowest BCUT2D eigenvalue weighted by molar-refractivity contribution is -0.119.